The fraction of sp³-hybridized carbons (Fsp3) is 0.125. The van der Waals surface area contributed by atoms with Crippen molar-refractivity contribution in [3.05, 3.63) is 54.2 Å². The second-order valence-corrected chi connectivity index (χ2v) is 5.38. The van der Waals surface area contributed by atoms with Gasteiger partial charge in [-0.1, -0.05) is 0 Å². The van der Waals surface area contributed by atoms with Gasteiger partial charge < -0.3 is 28.7 Å². The Bertz CT molecular complexity index is 708. The van der Waals surface area contributed by atoms with Gasteiger partial charge in [-0.15, -0.1) is 11.3 Å². The first-order chi connectivity index (χ1) is 9.76. The van der Waals surface area contributed by atoms with Gasteiger partial charge in [0.25, 0.3) is 0 Å². The van der Waals surface area contributed by atoms with Crippen molar-refractivity contribution in [2.75, 3.05) is 7.11 Å². The molecule has 0 amide bonds. The molecule has 3 nitrogen and oxygen atoms in total. The van der Waals surface area contributed by atoms with Crippen LogP contribution in [0.25, 0.3) is 21.8 Å². The molecule has 1 aromatic carbocycles. The number of nitrogens with zero attached hydrogens (tertiary/aromatic N) is 2. The van der Waals surface area contributed by atoms with Crippen LogP contribution in [0.2, 0.25) is 0 Å². The van der Waals surface area contributed by atoms with Crippen LogP contribution in [0.4, 0.5) is 0 Å². The average molecular weight is 410 g/mol. The van der Waals surface area contributed by atoms with Gasteiger partial charge in [-0.3, -0.25) is 0 Å². The molecule has 0 spiro atoms. The molecule has 0 aliphatic carbocycles. The lowest BCUT2D eigenvalue weighted by Gasteiger charge is -2.00. The molecule has 0 aliphatic rings. The molecule has 3 aromatic rings. The van der Waals surface area contributed by atoms with E-state index in [2.05, 4.69) is 17.5 Å². The first kappa shape index (κ1) is 15.9. The molecule has 21 heavy (non-hydrogen) atoms. The number of pyridine rings is 1. The number of rotatable bonds is 3. The summed E-state index contributed by atoms with van der Waals surface area (Å²) in [5, 5.41) is 3.13. The summed E-state index contributed by atoms with van der Waals surface area (Å²) in [7, 11) is 3.68. The summed E-state index contributed by atoms with van der Waals surface area (Å²) >= 11 is 1.66. The number of hydrogen-bond acceptors (Lipinski definition) is 3. The third kappa shape index (κ3) is 3.59. The van der Waals surface area contributed by atoms with Gasteiger partial charge in [0.2, 0.25) is 0 Å². The van der Waals surface area contributed by atoms with Crippen LogP contribution in [0.5, 0.6) is 5.75 Å². The smallest absolute Gasteiger partial charge is 0.169 e. The van der Waals surface area contributed by atoms with E-state index in [0.29, 0.717) is 0 Å². The fourth-order valence-corrected chi connectivity index (χ4v) is 2.78. The Labute approximate surface area is 145 Å². The summed E-state index contributed by atoms with van der Waals surface area (Å²) in [4.78, 5) is 4.70. The summed E-state index contributed by atoms with van der Waals surface area (Å²) in [5.41, 5.74) is 3.25. The first-order valence-corrected chi connectivity index (χ1v) is 7.20. The lowest BCUT2D eigenvalue weighted by Crippen LogP contribution is -3.00. The highest BCUT2D eigenvalue weighted by Gasteiger charge is 2.07. The average Bonchev–Trinajstić information content (AvgIpc) is 2.98. The highest BCUT2D eigenvalue weighted by atomic mass is 127. The third-order valence-corrected chi connectivity index (χ3v) is 4.01. The zero-order valence-corrected chi connectivity index (χ0v) is 14.8. The van der Waals surface area contributed by atoms with Crippen LogP contribution < -0.4 is 33.3 Å². The predicted molar refractivity (Wildman–Crippen MR) is 80.7 cm³/mol. The van der Waals surface area contributed by atoms with Gasteiger partial charge in [-0.25, -0.2) is 9.55 Å². The first-order valence-electron chi connectivity index (χ1n) is 6.32. The van der Waals surface area contributed by atoms with E-state index in [1.807, 2.05) is 48.3 Å². The maximum Gasteiger partial charge on any atom is 0.169 e. The van der Waals surface area contributed by atoms with Gasteiger partial charge in [0.05, 0.1) is 12.8 Å². The number of thiazole rings is 1. The molecule has 0 saturated carbocycles. The van der Waals surface area contributed by atoms with Crippen LogP contribution in [0, 0.1) is 0 Å². The molecule has 0 unspecified atom stereocenters. The maximum atomic E-state index is 5.17. The number of ether oxygens (including phenoxy) is 1. The topological polar surface area (TPSA) is 26.0 Å². The van der Waals surface area contributed by atoms with Gasteiger partial charge in [0.1, 0.15) is 17.8 Å². The third-order valence-electron chi connectivity index (χ3n) is 3.12. The zero-order valence-electron chi connectivity index (χ0n) is 11.8. The number of benzene rings is 1. The minimum Gasteiger partial charge on any atom is -1.00 e. The van der Waals surface area contributed by atoms with Crippen molar-refractivity contribution in [1.29, 1.82) is 0 Å². The number of methoxy groups -OCH3 is 1. The van der Waals surface area contributed by atoms with E-state index in [-0.39, 0.29) is 24.0 Å². The van der Waals surface area contributed by atoms with Crippen molar-refractivity contribution in [1.82, 2.24) is 4.98 Å². The van der Waals surface area contributed by atoms with Gasteiger partial charge in [0, 0.05) is 28.6 Å². The Morgan fingerprint density at radius 1 is 1.00 bits per heavy atom. The van der Waals surface area contributed by atoms with Crippen LogP contribution in [-0.4, -0.2) is 12.1 Å². The summed E-state index contributed by atoms with van der Waals surface area (Å²) in [6.07, 6.45) is 4.06. The van der Waals surface area contributed by atoms with E-state index in [9.17, 15) is 0 Å². The fourth-order valence-electron chi connectivity index (χ4n) is 1.94. The van der Waals surface area contributed by atoms with Crippen molar-refractivity contribution in [3.63, 3.8) is 0 Å². The zero-order chi connectivity index (χ0) is 13.9. The van der Waals surface area contributed by atoms with Crippen molar-refractivity contribution < 1.29 is 33.3 Å². The Hall–Kier alpha value is -1.47. The van der Waals surface area contributed by atoms with E-state index >= 15 is 0 Å². The van der Waals surface area contributed by atoms with Crippen LogP contribution >= 0.6 is 11.3 Å². The Balaban J connectivity index is 0.00000161. The molecule has 0 saturated heterocycles. The highest BCUT2D eigenvalue weighted by molar-refractivity contribution is 7.13. The van der Waals surface area contributed by atoms with Gasteiger partial charge in [-0.05, 0) is 24.3 Å². The monoisotopic (exact) mass is 410 g/mol. The molecule has 0 fully saturated rings. The minimum atomic E-state index is 0. The second-order valence-electron chi connectivity index (χ2n) is 4.52. The van der Waals surface area contributed by atoms with E-state index in [1.54, 1.807) is 18.4 Å². The molecular formula is C16H15IN2OS. The standard InChI is InChI=1S/C16H15N2OS.HI/c1-18-9-7-13(8-10-18)16-17-15(11-20-16)12-3-5-14(19-2)6-4-12;/h3-11H,1-2H3;1H/q+1;/p-1. The van der Waals surface area contributed by atoms with Crippen molar-refractivity contribution >= 4 is 11.3 Å². The van der Waals surface area contributed by atoms with Crippen molar-refractivity contribution in [3.8, 4) is 27.6 Å². The molecule has 108 valence electrons. The Kier molecular flexibility index (Phi) is 5.30. The van der Waals surface area contributed by atoms with Crippen molar-refractivity contribution in [2.45, 2.75) is 0 Å². The number of aromatic nitrogens is 2. The predicted octanol–water partition coefficient (Wildman–Crippen LogP) is 0.314. The number of aryl methyl sites for hydroxylation is 1. The van der Waals surface area contributed by atoms with Gasteiger partial charge >= 0.3 is 0 Å². The SMILES string of the molecule is COc1ccc(-c2csc(-c3cc[n+](C)cc3)n2)cc1.[I-]. The largest absolute Gasteiger partial charge is 1.00 e. The Morgan fingerprint density at radius 2 is 1.67 bits per heavy atom. The molecule has 0 bridgehead atoms. The van der Waals surface area contributed by atoms with Crippen LogP contribution in [-0.2, 0) is 7.05 Å². The van der Waals surface area contributed by atoms with Crippen LogP contribution in [0.1, 0.15) is 0 Å². The summed E-state index contributed by atoms with van der Waals surface area (Å²) < 4.78 is 7.19. The van der Waals surface area contributed by atoms with Crippen molar-refractivity contribution in [2.24, 2.45) is 7.05 Å². The molecule has 5 heteroatoms. The minimum absolute atomic E-state index is 0. The van der Waals surface area contributed by atoms with E-state index in [1.165, 1.54) is 0 Å². The van der Waals surface area contributed by atoms with Gasteiger partial charge in [0.15, 0.2) is 12.4 Å². The van der Waals surface area contributed by atoms with E-state index in [4.69, 9.17) is 9.72 Å². The number of hydrogen-bond donors (Lipinski definition) is 0. The second kappa shape index (κ2) is 7.00. The maximum absolute atomic E-state index is 5.17. The van der Waals surface area contributed by atoms with Crippen LogP contribution in [0.3, 0.4) is 0 Å². The quantitative estimate of drug-likeness (QED) is 0.459. The van der Waals surface area contributed by atoms with Crippen LogP contribution in [0.15, 0.2) is 54.2 Å². The molecule has 0 atom stereocenters. The summed E-state index contributed by atoms with van der Waals surface area (Å²) in [6.45, 7) is 0. The molecule has 2 heterocycles. The summed E-state index contributed by atoms with van der Waals surface area (Å²) in [5.74, 6) is 0.861. The lowest BCUT2D eigenvalue weighted by molar-refractivity contribution is -0.671. The molecule has 3 rings (SSSR count). The van der Waals surface area contributed by atoms with E-state index < -0.39 is 0 Å². The molecular weight excluding hydrogens is 395 g/mol. The van der Waals surface area contributed by atoms with Gasteiger partial charge in [-0.2, -0.15) is 0 Å². The summed E-state index contributed by atoms with van der Waals surface area (Å²) in [6, 6.07) is 12.1. The highest BCUT2D eigenvalue weighted by Crippen LogP contribution is 2.29. The molecule has 0 N–H and O–H groups in total. The normalized spacial score (nSPS) is 10.0. The number of halogens is 1. The lowest BCUT2D eigenvalue weighted by atomic mass is 10.2. The molecule has 0 radical (unpaired) electrons. The Morgan fingerprint density at radius 3 is 2.29 bits per heavy atom. The molecule has 0 aliphatic heterocycles. The van der Waals surface area contributed by atoms with E-state index in [0.717, 1.165) is 27.6 Å². The molecule has 2 aromatic heterocycles.